The van der Waals surface area contributed by atoms with Gasteiger partial charge in [0.15, 0.2) is 0 Å². The molecule has 0 aromatic heterocycles. The molecule has 2 saturated carbocycles. The first kappa shape index (κ1) is 22.8. The van der Waals surface area contributed by atoms with Crippen LogP contribution in [-0.4, -0.2) is 52.5 Å². The maximum Gasteiger partial charge on any atom is 0.246 e. The zero-order valence-corrected chi connectivity index (χ0v) is 20.5. The molecule has 3 amide bonds. The van der Waals surface area contributed by atoms with E-state index in [1.54, 1.807) is 4.90 Å². The van der Waals surface area contributed by atoms with Crippen molar-refractivity contribution in [3.8, 4) is 0 Å². The molecule has 1 aromatic rings. The zero-order valence-electron chi connectivity index (χ0n) is 20.5. The average Bonchev–Trinajstić information content (AvgIpc) is 3.44. The van der Waals surface area contributed by atoms with Crippen LogP contribution in [0.1, 0.15) is 70.3 Å². The summed E-state index contributed by atoms with van der Waals surface area (Å²) >= 11 is 0. The minimum Gasteiger partial charge on any atom is -0.359 e. The molecule has 6 rings (SSSR count). The van der Waals surface area contributed by atoms with Crippen LogP contribution in [0.3, 0.4) is 0 Å². The number of hydrogen-bond donors (Lipinski definition) is 2. The molecule has 4 fully saturated rings. The Hall–Kier alpha value is -2.67. The van der Waals surface area contributed by atoms with Crippen LogP contribution in [-0.2, 0) is 19.1 Å². The number of carbonyl (C=O) groups excluding carboxylic acids is 3. The minimum atomic E-state index is -1.06. The number of likely N-dealkylation sites (tertiary alicyclic amines) is 1. The number of amides is 3. The van der Waals surface area contributed by atoms with Gasteiger partial charge < -0.3 is 20.3 Å². The van der Waals surface area contributed by atoms with Gasteiger partial charge in [0.1, 0.15) is 11.6 Å². The molecule has 3 aliphatic heterocycles. The van der Waals surface area contributed by atoms with Crippen molar-refractivity contribution in [2.24, 2.45) is 11.8 Å². The van der Waals surface area contributed by atoms with Gasteiger partial charge >= 0.3 is 0 Å². The van der Waals surface area contributed by atoms with Crippen molar-refractivity contribution in [2.45, 2.75) is 94.5 Å². The third kappa shape index (κ3) is 3.70. The smallest absolute Gasteiger partial charge is 0.246 e. The molecule has 35 heavy (non-hydrogen) atoms. The van der Waals surface area contributed by atoms with Gasteiger partial charge in [0.25, 0.3) is 0 Å². The molecule has 7 heteroatoms. The van der Waals surface area contributed by atoms with Crippen molar-refractivity contribution in [2.75, 3.05) is 5.32 Å². The first-order chi connectivity index (χ1) is 16.9. The third-order valence-corrected chi connectivity index (χ3v) is 8.60. The van der Waals surface area contributed by atoms with E-state index < -0.39 is 29.6 Å². The van der Waals surface area contributed by atoms with E-state index in [-0.39, 0.29) is 29.8 Å². The number of fused-ring (bicyclic) bond motifs is 1. The van der Waals surface area contributed by atoms with Crippen LogP contribution in [0.4, 0.5) is 5.69 Å². The van der Waals surface area contributed by atoms with Crippen molar-refractivity contribution in [1.82, 2.24) is 10.2 Å². The van der Waals surface area contributed by atoms with E-state index in [4.69, 9.17) is 4.74 Å². The van der Waals surface area contributed by atoms with Crippen molar-refractivity contribution in [3.63, 3.8) is 0 Å². The Balaban J connectivity index is 1.26. The summed E-state index contributed by atoms with van der Waals surface area (Å²) in [7, 11) is 0. The molecule has 2 bridgehead atoms. The summed E-state index contributed by atoms with van der Waals surface area (Å²) in [6.45, 7) is 4.26. The summed E-state index contributed by atoms with van der Waals surface area (Å²) in [5, 5.41) is 6.25. The van der Waals surface area contributed by atoms with Crippen molar-refractivity contribution < 1.29 is 19.1 Å². The predicted octanol–water partition coefficient (Wildman–Crippen LogP) is 3.51. The molecular formula is C28H35N3O4. The van der Waals surface area contributed by atoms with Gasteiger partial charge in [0.05, 0.1) is 17.9 Å². The first-order valence-corrected chi connectivity index (χ1v) is 13.3. The maximum absolute atomic E-state index is 13.8. The number of nitrogens with one attached hydrogen (secondary N) is 2. The number of carbonyl (C=O) groups is 3. The molecule has 186 valence electrons. The molecule has 7 nitrogen and oxygen atoms in total. The summed E-state index contributed by atoms with van der Waals surface area (Å²) in [6.07, 6.45) is 10.5. The summed E-state index contributed by atoms with van der Waals surface area (Å²) in [5.74, 6) is -1.37. The maximum atomic E-state index is 13.8. The van der Waals surface area contributed by atoms with Gasteiger partial charge in [-0.05, 0) is 49.3 Å². The molecule has 2 saturated heterocycles. The van der Waals surface area contributed by atoms with E-state index in [1.807, 2.05) is 36.4 Å². The Morgan fingerprint density at radius 3 is 2.40 bits per heavy atom. The summed E-state index contributed by atoms with van der Waals surface area (Å²) in [4.78, 5) is 42.7. The Morgan fingerprint density at radius 1 is 1.03 bits per heavy atom. The Morgan fingerprint density at radius 2 is 1.74 bits per heavy atom. The Kier molecular flexibility index (Phi) is 5.51. The molecule has 0 unspecified atom stereocenters. The van der Waals surface area contributed by atoms with Crippen LogP contribution in [0, 0.1) is 11.8 Å². The summed E-state index contributed by atoms with van der Waals surface area (Å²) < 4.78 is 6.41. The monoisotopic (exact) mass is 477 g/mol. The number of anilines is 1. The normalized spacial score (nSPS) is 33.9. The number of nitrogens with zero attached hydrogens (tertiary/aromatic N) is 1. The van der Waals surface area contributed by atoms with E-state index in [0.29, 0.717) is 11.6 Å². The van der Waals surface area contributed by atoms with Crippen LogP contribution in [0.25, 0.3) is 0 Å². The molecule has 3 heterocycles. The third-order valence-electron chi connectivity index (χ3n) is 8.60. The lowest BCUT2D eigenvalue weighted by atomic mass is 9.74. The van der Waals surface area contributed by atoms with E-state index in [9.17, 15) is 14.4 Å². The molecular weight excluding hydrogens is 442 g/mol. The predicted molar refractivity (Wildman–Crippen MR) is 132 cm³/mol. The standard InChI is InChI=1S/C28H35N3O4/c1-16(2)17-8-10-19(11-9-17)29-25(32)22-21-14-15-28(35-21)23(22)27(34)31(20-12-13-20)24(28)26(33)30-18-6-4-3-5-7-18/h8-11,14-16,18,20-24H,3-7,12-13H2,1-2H3,(H,29,32)(H,30,33)/t21-,22-,23-,24+,28-/m1/s1. The molecule has 0 radical (unpaired) electrons. The molecule has 5 aliphatic rings. The fourth-order valence-electron chi connectivity index (χ4n) is 6.66. The van der Waals surface area contributed by atoms with Crippen LogP contribution in [0.5, 0.6) is 0 Å². The van der Waals surface area contributed by atoms with Crippen LogP contribution < -0.4 is 10.6 Å². The lowest BCUT2D eigenvalue weighted by Gasteiger charge is -2.34. The summed E-state index contributed by atoms with van der Waals surface area (Å²) in [6, 6.07) is 7.34. The highest BCUT2D eigenvalue weighted by Crippen LogP contribution is 2.57. The topological polar surface area (TPSA) is 87.7 Å². The summed E-state index contributed by atoms with van der Waals surface area (Å²) in [5.41, 5.74) is 0.842. The van der Waals surface area contributed by atoms with Gasteiger partial charge in [0.2, 0.25) is 17.7 Å². The second-order valence-corrected chi connectivity index (χ2v) is 11.3. The van der Waals surface area contributed by atoms with Gasteiger partial charge in [-0.25, -0.2) is 0 Å². The van der Waals surface area contributed by atoms with E-state index in [0.717, 1.165) is 38.5 Å². The highest BCUT2D eigenvalue weighted by molar-refractivity contribution is 6.03. The SMILES string of the molecule is CC(C)c1ccc(NC(=O)[C@@H]2[C@H]3C=C[C@]4(O3)[C@H](C(=O)NC3CCCCC3)N(C3CC3)C(=O)[C@@H]24)cc1. The lowest BCUT2D eigenvalue weighted by Crippen LogP contribution is -2.57. The molecule has 2 N–H and O–H groups in total. The first-order valence-electron chi connectivity index (χ1n) is 13.3. The van der Waals surface area contributed by atoms with Crippen molar-refractivity contribution in [3.05, 3.63) is 42.0 Å². The van der Waals surface area contributed by atoms with Gasteiger partial charge in [-0.2, -0.15) is 0 Å². The second kappa shape index (κ2) is 8.47. The second-order valence-electron chi connectivity index (χ2n) is 11.3. The van der Waals surface area contributed by atoms with E-state index in [1.165, 1.54) is 12.0 Å². The van der Waals surface area contributed by atoms with E-state index >= 15 is 0 Å². The molecule has 1 aromatic carbocycles. The molecule has 2 aliphatic carbocycles. The number of hydrogen-bond acceptors (Lipinski definition) is 4. The number of benzene rings is 1. The largest absolute Gasteiger partial charge is 0.359 e. The van der Waals surface area contributed by atoms with Crippen LogP contribution in [0.15, 0.2) is 36.4 Å². The fourth-order valence-corrected chi connectivity index (χ4v) is 6.66. The van der Waals surface area contributed by atoms with Gasteiger partial charge in [0, 0.05) is 17.8 Å². The Labute approximate surface area is 206 Å². The minimum absolute atomic E-state index is 0.0629. The number of ether oxygens (including phenoxy) is 1. The van der Waals surface area contributed by atoms with E-state index in [2.05, 4.69) is 24.5 Å². The van der Waals surface area contributed by atoms with Crippen molar-refractivity contribution >= 4 is 23.4 Å². The van der Waals surface area contributed by atoms with Crippen molar-refractivity contribution in [1.29, 1.82) is 0 Å². The lowest BCUT2D eigenvalue weighted by molar-refractivity contribution is -0.142. The molecule has 1 spiro atoms. The van der Waals surface area contributed by atoms with Gasteiger partial charge in [-0.1, -0.05) is 57.4 Å². The highest BCUT2D eigenvalue weighted by atomic mass is 16.5. The van der Waals surface area contributed by atoms with Crippen LogP contribution in [0.2, 0.25) is 0 Å². The van der Waals surface area contributed by atoms with Gasteiger partial charge in [-0.3, -0.25) is 14.4 Å². The molecule has 5 atom stereocenters. The quantitative estimate of drug-likeness (QED) is 0.614. The number of rotatable bonds is 6. The highest BCUT2D eigenvalue weighted by Gasteiger charge is 2.74. The average molecular weight is 478 g/mol. The Bertz CT molecular complexity index is 1060. The van der Waals surface area contributed by atoms with Gasteiger partial charge in [-0.15, -0.1) is 0 Å². The fraction of sp³-hybridized carbons (Fsp3) is 0.607. The zero-order chi connectivity index (χ0) is 24.3. The van der Waals surface area contributed by atoms with Crippen LogP contribution >= 0.6 is 0 Å².